The average molecular weight is 387 g/mol. The van der Waals surface area contributed by atoms with Crippen molar-refractivity contribution in [3.8, 4) is 0 Å². The minimum atomic E-state index is -3.39. The van der Waals surface area contributed by atoms with Gasteiger partial charge in [-0.25, -0.2) is 12.7 Å². The third-order valence-electron chi connectivity index (χ3n) is 4.57. The van der Waals surface area contributed by atoms with Gasteiger partial charge >= 0.3 is 0 Å². The number of nitrogens with zero attached hydrogens (tertiary/aromatic N) is 1. The molecule has 1 aliphatic heterocycles. The number of rotatable bonds is 7. The molecule has 0 aliphatic carbocycles. The van der Waals surface area contributed by atoms with Crippen LogP contribution in [0.2, 0.25) is 5.02 Å². The third kappa shape index (κ3) is 5.97. The van der Waals surface area contributed by atoms with Crippen LogP contribution in [0.15, 0.2) is 24.3 Å². The monoisotopic (exact) mass is 386 g/mol. The van der Waals surface area contributed by atoms with Gasteiger partial charge in [-0.1, -0.05) is 37.1 Å². The summed E-state index contributed by atoms with van der Waals surface area (Å²) >= 11 is 5.92. The molecule has 25 heavy (non-hydrogen) atoms. The van der Waals surface area contributed by atoms with Crippen molar-refractivity contribution in [2.45, 2.75) is 51.3 Å². The largest absolute Gasteiger partial charge is 0.353 e. The first-order valence-electron chi connectivity index (χ1n) is 8.84. The van der Waals surface area contributed by atoms with Crippen molar-refractivity contribution in [1.29, 1.82) is 0 Å². The molecule has 1 amide bonds. The van der Waals surface area contributed by atoms with Crippen molar-refractivity contribution in [1.82, 2.24) is 9.62 Å². The van der Waals surface area contributed by atoms with Gasteiger partial charge in [0, 0.05) is 30.1 Å². The standard InChI is InChI=1S/C18H27ClN2O3S/c1-3-5-14(2)20-18(22)16-8-10-21(11-9-16)25(23,24)13-15-6-4-7-17(19)12-15/h4,6-7,12,14,16H,3,5,8-11,13H2,1-2H3,(H,20,22)/t14-/m1/s1. The highest BCUT2D eigenvalue weighted by atomic mass is 35.5. The molecule has 0 radical (unpaired) electrons. The van der Waals surface area contributed by atoms with Gasteiger partial charge in [0.2, 0.25) is 15.9 Å². The van der Waals surface area contributed by atoms with Gasteiger partial charge in [0.15, 0.2) is 0 Å². The summed E-state index contributed by atoms with van der Waals surface area (Å²) < 4.78 is 26.7. The fourth-order valence-corrected chi connectivity index (χ4v) is 4.95. The lowest BCUT2D eigenvalue weighted by Gasteiger charge is -2.31. The molecule has 1 aromatic rings. The predicted octanol–water partition coefficient (Wildman–Crippen LogP) is 3.19. The summed E-state index contributed by atoms with van der Waals surface area (Å²) in [7, 11) is -3.39. The highest BCUT2D eigenvalue weighted by molar-refractivity contribution is 7.88. The number of hydrogen-bond donors (Lipinski definition) is 1. The van der Waals surface area contributed by atoms with Crippen LogP contribution in [0.5, 0.6) is 0 Å². The molecule has 1 aromatic carbocycles. The van der Waals surface area contributed by atoms with Crippen LogP contribution in [0.1, 0.15) is 45.1 Å². The summed E-state index contributed by atoms with van der Waals surface area (Å²) in [5.74, 6) is -0.109. The van der Waals surface area contributed by atoms with Gasteiger partial charge in [-0.2, -0.15) is 0 Å². The van der Waals surface area contributed by atoms with Crippen molar-refractivity contribution in [3.05, 3.63) is 34.9 Å². The Bertz CT molecular complexity index is 685. The highest BCUT2D eigenvalue weighted by Crippen LogP contribution is 2.23. The molecule has 0 aromatic heterocycles. The average Bonchev–Trinajstić information content (AvgIpc) is 2.54. The second-order valence-corrected chi connectivity index (χ2v) is 9.16. The van der Waals surface area contributed by atoms with Crippen LogP contribution in [0.3, 0.4) is 0 Å². The molecule has 1 N–H and O–H groups in total. The van der Waals surface area contributed by atoms with E-state index in [0.29, 0.717) is 36.5 Å². The number of benzene rings is 1. The molecule has 0 spiro atoms. The Labute approximate surface area is 155 Å². The molecule has 1 heterocycles. The van der Waals surface area contributed by atoms with E-state index in [9.17, 15) is 13.2 Å². The third-order valence-corrected chi connectivity index (χ3v) is 6.65. The van der Waals surface area contributed by atoms with Crippen molar-refractivity contribution in [2.24, 2.45) is 5.92 Å². The smallest absolute Gasteiger partial charge is 0.223 e. The van der Waals surface area contributed by atoms with Crippen molar-refractivity contribution in [2.75, 3.05) is 13.1 Å². The van der Waals surface area contributed by atoms with E-state index in [1.807, 2.05) is 6.92 Å². The van der Waals surface area contributed by atoms with E-state index in [-0.39, 0.29) is 23.6 Å². The van der Waals surface area contributed by atoms with Crippen LogP contribution in [0.4, 0.5) is 0 Å². The molecule has 1 fully saturated rings. The molecule has 1 atom stereocenters. The number of piperidine rings is 1. The Hall–Kier alpha value is -1.11. The first kappa shape index (κ1) is 20.2. The summed E-state index contributed by atoms with van der Waals surface area (Å²) in [5.41, 5.74) is 0.681. The zero-order valence-corrected chi connectivity index (χ0v) is 16.4. The quantitative estimate of drug-likeness (QED) is 0.782. The van der Waals surface area contributed by atoms with E-state index in [2.05, 4.69) is 12.2 Å². The number of amides is 1. The minimum absolute atomic E-state index is 0.0489. The van der Waals surface area contributed by atoms with E-state index in [1.54, 1.807) is 24.3 Å². The zero-order chi connectivity index (χ0) is 18.4. The summed E-state index contributed by atoms with van der Waals surface area (Å²) in [5, 5.41) is 3.56. The van der Waals surface area contributed by atoms with Gasteiger partial charge in [0.25, 0.3) is 0 Å². The van der Waals surface area contributed by atoms with Crippen LogP contribution in [0, 0.1) is 5.92 Å². The maximum absolute atomic E-state index is 12.6. The SMILES string of the molecule is CCC[C@@H](C)NC(=O)C1CCN(S(=O)(=O)Cc2cccc(Cl)c2)CC1. The first-order chi connectivity index (χ1) is 11.8. The van der Waals surface area contributed by atoms with Gasteiger partial charge in [0.05, 0.1) is 5.75 Å². The Balaban J connectivity index is 1.89. The summed E-state index contributed by atoms with van der Waals surface area (Å²) in [6, 6.07) is 7.08. The fraction of sp³-hybridized carbons (Fsp3) is 0.611. The number of sulfonamides is 1. The Morgan fingerprint density at radius 2 is 2.04 bits per heavy atom. The normalized spacial score (nSPS) is 18.0. The van der Waals surface area contributed by atoms with Gasteiger partial charge in [-0.05, 0) is 43.9 Å². The maximum atomic E-state index is 12.6. The molecule has 0 saturated carbocycles. The molecule has 2 rings (SSSR count). The van der Waals surface area contributed by atoms with Gasteiger partial charge in [0.1, 0.15) is 0 Å². The summed E-state index contributed by atoms with van der Waals surface area (Å²) in [4.78, 5) is 12.3. The summed E-state index contributed by atoms with van der Waals surface area (Å²) in [6.07, 6.45) is 3.12. The Morgan fingerprint density at radius 3 is 2.64 bits per heavy atom. The summed E-state index contributed by atoms with van der Waals surface area (Å²) in [6.45, 7) is 4.88. The van der Waals surface area contributed by atoms with Crippen LogP contribution < -0.4 is 5.32 Å². The van der Waals surface area contributed by atoms with Crippen LogP contribution in [-0.2, 0) is 20.6 Å². The fourth-order valence-electron chi connectivity index (χ4n) is 3.19. The minimum Gasteiger partial charge on any atom is -0.353 e. The van der Waals surface area contributed by atoms with E-state index in [1.165, 1.54) is 4.31 Å². The molecular formula is C18H27ClN2O3S. The Kier molecular flexibility index (Phi) is 7.28. The molecule has 140 valence electrons. The van der Waals surface area contributed by atoms with E-state index >= 15 is 0 Å². The molecule has 5 nitrogen and oxygen atoms in total. The highest BCUT2D eigenvalue weighted by Gasteiger charge is 2.31. The van der Waals surface area contributed by atoms with Crippen LogP contribution in [0.25, 0.3) is 0 Å². The molecule has 7 heteroatoms. The first-order valence-corrected chi connectivity index (χ1v) is 10.8. The molecule has 0 unspecified atom stereocenters. The number of carbonyl (C=O) groups excluding carboxylic acids is 1. The number of halogens is 1. The van der Waals surface area contributed by atoms with Crippen LogP contribution in [-0.4, -0.2) is 37.8 Å². The number of hydrogen-bond acceptors (Lipinski definition) is 3. The topological polar surface area (TPSA) is 66.5 Å². The van der Waals surface area contributed by atoms with Crippen LogP contribution >= 0.6 is 11.6 Å². The van der Waals surface area contributed by atoms with E-state index in [4.69, 9.17) is 11.6 Å². The van der Waals surface area contributed by atoms with E-state index in [0.717, 1.165) is 12.8 Å². The van der Waals surface area contributed by atoms with Crippen molar-refractivity contribution in [3.63, 3.8) is 0 Å². The molecular weight excluding hydrogens is 360 g/mol. The van der Waals surface area contributed by atoms with E-state index < -0.39 is 10.0 Å². The molecule has 1 saturated heterocycles. The van der Waals surface area contributed by atoms with Crippen molar-refractivity contribution < 1.29 is 13.2 Å². The second-order valence-electron chi connectivity index (χ2n) is 6.76. The Morgan fingerprint density at radius 1 is 1.36 bits per heavy atom. The second kappa shape index (κ2) is 9.01. The maximum Gasteiger partial charge on any atom is 0.223 e. The molecule has 1 aliphatic rings. The lowest BCUT2D eigenvalue weighted by atomic mass is 9.96. The lowest BCUT2D eigenvalue weighted by molar-refractivity contribution is -0.126. The zero-order valence-electron chi connectivity index (χ0n) is 14.9. The van der Waals surface area contributed by atoms with Crippen molar-refractivity contribution >= 4 is 27.5 Å². The van der Waals surface area contributed by atoms with Gasteiger partial charge in [-0.15, -0.1) is 0 Å². The lowest BCUT2D eigenvalue weighted by Crippen LogP contribution is -2.45. The van der Waals surface area contributed by atoms with Gasteiger partial charge < -0.3 is 5.32 Å². The predicted molar refractivity (Wildman–Crippen MR) is 101 cm³/mol. The molecule has 0 bridgehead atoms. The number of nitrogens with one attached hydrogen (secondary N) is 1. The number of carbonyl (C=O) groups is 1. The van der Waals surface area contributed by atoms with Gasteiger partial charge in [-0.3, -0.25) is 4.79 Å².